The molecule has 7 heteroatoms. The largest absolute Gasteiger partial charge is 0.490 e. The average Bonchev–Trinajstić information content (AvgIpc) is 2.69. The van der Waals surface area contributed by atoms with E-state index in [1.54, 1.807) is 0 Å². The topological polar surface area (TPSA) is 116 Å². The first-order chi connectivity index (χ1) is 14.3. The van der Waals surface area contributed by atoms with Crippen molar-refractivity contribution in [1.29, 1.82) is 0 Å². The summed E-state index contributed by atoms with van der Waals surface area (Å²) in [6.45, 7) is 4.15. The molecule has 2 aliphatic carbocycles. The summed E-state index contributed by atoms with van der Waals surface area (Å²) in [6, 6.07) is 6.25. The summed E-state index contributed by atoms with van der Waals surface area (Å²) in [5.41, 5.74) is 15.7. The second-order valence-corrected chi connectivity index (χ2v) is 8.76. The van der Waals surface area contributed by atoms with Gasteiger partial charge in [0.1, 0.15) is 17.9 Å². The van der Waals surface area contributed by atoms with Crippen LogP contribution in [0.15, 0.2) is 18.5 Å². The molecule has 2 aliphatic rings. The predicted octanol–water partition coefficient (Wildman–Crippen LogP) is 2.53. The molecule has 2 aromatic rings. The van der Waals surface area contributed by atoms with Gasteiger partial charge in [-0.15, -0.1) is 0 Å². The molecule has 4 rings (SSSR count). The van der Waals surface area contributed by atoms with E-state index in [2.05, 4.69) is 35.2 Å². The fourth-order valence-electron chi connectivity index (χ4n) is 4.69. The van der Waals surface area contributed by atoms with Gasteiger partial charge in [0.15, 0.2) is 0 Å². The molecule has 30 heavy (non-hydrogen) atoms. The van der Waals surface area contributed by atoms with Gasteiger partial charge in [0.25, 0.3) is 5.91 Å². The normalized spacial score (nSPS) is 21.7. The third-order valence-electron chi connectivity index (χ3n) is 6.13. The number of nitrogens with one attached hydrogen (secondary N) is 1. The van der Waals surface area contributed by atoms with Gasteiger partial charge in [-0.2, -0.15) is 0 Å². The Morgan fingerprint density at radius 3 is 2.70 bits per heavy atom. The van der Waals surface area contributed by atoms with Crippen molar-refractivity contribution in [2.45, 2.75) is 63.5 Å². The zero-order chi connectivity index (χ0) is 21.5. The molecule has 5 N–H and O–H groups in total. The monoisotopic (exact) mass is 405 g/mol. The van der Waals surface area contributed by atoms with Crippen LogP contribution in [0.4, 0.5) is 5.82 Å². The fraction of sp³-hybridized carbons (Fsp3) is 0.435. The molecule has 0 spiro atoms. The van der Waals surface area contributed by atoms with Gasteiger partial charge in [0, 0.05) is 23.2 Å². The number of rotatable bonds is 3. The lowest BCUT2D eigenvalue weighted by Gasteiger charge is -2.35. The first kappa shape index (κ1) is 20.2. The number of nitrogens with two attached hydrogens (primary N) is 2. The summed E-state index contributed by atoms with van der Waals surface area (Å²) in [4.78, 5) is 21.7. The molecular formula is C23H27N5O2. The summed E-state index contributed by atoms with van der Waals surface area (Å²) in [6.07, 6.45) is 11.0. The van der Waals surface area contributed by atoms with Crippen molar-refractivity contribution in [1.82, 2.24) is 15.3 Å². The molecule has 0 radical (unpaired) electrons. The highest BCUT2D eigenvalue weighted by atomic mass is 16.5. The van der Waals surface area contributed by atoms with Crippen LogP contribution in [-0.2, 0) is 11.8 Å². The van der Waals surface area contributed by atoms with Crippen molar-refractivity contribution in [3.63, 3.8) is 0 Å². The van der Waals surface area contributed by atoms with Crippen molar-refractivity contribution in [2.24, 2.45) is 5.73 Å². The predicted molar refractivity (Wildman–Crippen MR) is 116 cm³/mol. The van der Waals surface area contributed by atoms with Crippen molar-refractivity contribution < 1.29 is 9.53 Å². The number of nitrogens with zero attached hydrogens (tertiary/aromatic N) is 2. The minimum absolute atomic E-state index is 0.0297. The Morgan fingerprint density at radius 2 is 2.00 bits per heavy atom. The maximum atomic E-state index is 13.0. The quantitative estimate of drug-likeness (QED) is 0.534. The molecule has 0 bridgehead atoms. The number of ether oxygens (including phenoxy) is 1. The van der Waals surface area contributed by atoms with Gasteiger partial charge in [-0.25, -0.2) is 9.97 Å². The number of carbonyl (C=O) groups is 1. The van der Waals surface area contributed by atoms with Gasteiger partial charge in [-0.1, -0.05) is 20.3 Å². The van der Waals surface area contributed by atoms with Crippen LogP contribution < -0.4 is 21.5 Å². The Morgan fingerprint density at radius 1 is 1.27 bits per heavy atom. The van der Waals surface area contributed by atoms with Crippen LogP contribution in [-0.4, -0.2) is 28.0 Å². The van der Waals surface area contributed by atoms with Gasteiger partial charge < -0.3 is 16.2 Å². The van der Waals surface area contributed by atoms with E-state index in [1.165, 1.54) is 6.33 Å². The van der Waals surface area contributed by atoms with Crippen LogP contribution in [0.25, 0.3) is 11.3 Å². The Bertz CT molecular complexity index is 1030. The van der Waals surface area contributed by atoms with Gasteiger partial charge >= 0.3 is 0 Å². The highest BCUT2D eigenvalue weighted by Crippen LogP contribution is 2.46. The second-order valence-electron chi connectivity index (χ2n) is 8.76. The molecule has 0 atom stereocenters. The molecule has 1 heterocycles. The van der Waals surface area contributed by atoms with Gasteiger partial charge in [-0.05, 0) is 55.2 Å². The van der Waals surface area contributed by atoms with Crippen molar-refractivity contribution >= 4 is 11.7 Å². The summed E-state index contributed by atoms with van der Waals surface area (Å²) < 4.78 is 6.31. The van der Waals surface area contributed by atoms with Crippen LogP contribution >= 0.6 is 0 Å². The number of hydrogen-bond donors (Lipinski definition) is 3. The minimum atomic E-state index is -0.352. The Balaban J connectivity index is 1.84. The highest BCUT2D eigenvalue weighted by molar-refractivity contribution is 6.01. The van der Waals surface area contributed by atoms with Gasteiger partial charge in [-0.3, -0.25) is 10.1 Å². The molecule has 0 aliphatic heterocycles. The number of fused-ring (bicyclic) bond motifs is 3. The van der Waals surface area contributed by atoms with E-state index in [0.29, 0.717) is 23.6 Å². The van der Waals surface area contributed by atoms with Crippen LogP contribution in [0.5, 0.6) is 5.75 Å². The van der Waals surface area contributed by atoms with Crippen LogP contribution in [0.3, 0.4) is 0 Å². The van der Waals surface area contributed by atoms with E-state index >= 15 is 0 Å². The van der Waals surface area contributed by atoms with Crippen molar-refractivity contribution in [3.05, 3.63) is 35.2 Å². The summed E-state index contributed by atoms with van der Waals surface area (Å²) in [5, 5.41) is 2.49. The molecular weight excluding hydrogens is 378 g/mol. The van der Waals surface area contributed by atoms with E-state index in [-0.39, 0.29) is 23.5 Å². The molecule has 0 saturated heterocycles. The molecule has 1 fully saturated rings. The van der Waals surface area contributed by atoms with Crippen molar-refractivity contribution in [2.75, 3.05) is 5.73 Å². The van der Waals surface area contributed by atoms with Crippen LogP contribution in [0, 0.1) is 12.5 Å². The Hall–Kier alpha value is -3.11. The number of terminal acetylenes is 1. The zero-order valence-corrected chi connectivity index (χ0v) is 17.4. The van der Waals surface area contributed by atoms with Crippen LogP contribution in [0.1, 0.15) is 61.0 Å². The summed E-state index contributed by atoms with van der Waals surface area (Å²) in [7, 11) is 0. The Labute approximate surface area is 176 Å². The number of nitrogen functional groups attached to an aromatic ring is 1. The number of benzene rings is 1. The molecule has 0 unspecified atom stereocenters. The third-order valence-corrected chi connectivity index (χ3v) is 6.13. The van der Waals surface area contributed by atoms with Crippen LogP contribution in [0.2, 0.25) is 0 Å². The molecule has 1 amide bonds. The van der Waals surface area contributed by atoms with E-state index < -0.39 is 0 Å². The third kappa shape index (κ3) is 3.48. The SMILES string of the molecule is C#CNC(=O)c1c(OC2CCC(N)CC2)ccc2c1CC(C)(C)c1c(N)ncnc1-2. The maximum absolute atomic E-state index is 13.0. The molecule has 1 aromatic heterocycles. The number of amides is 1. The number of carbonyl (C=O) groups excluding carboxylic acids is 1. The maximum Gasteiger partial charge on any atom is 0.266 e. The van der Waals surface area contributed by atoms with Gasteiger partial charge in [0.05, 0.1) is 17.4 Å². The minimum Gasteiger partial charge on any atom is -0.490 e. The van der Waals surface area contributed by atoms with Gasteiger partial charge in [0.2, 0.25) is 0 Å². The number of hydrogen-bond acceptors (Lipinski definition) is 6. The number of aromatic nitrogens is 2. The lowest BCUT2D eigenvalue weighted by Crippen LogP contribution is -2.33. The number of anilines is 1. The van der Waals surface area contributed by atoms with E-state index in [9.17, 15) is 4.79 Å². The summed E-state index contributed by atoms with van der Waals surface area (Å²) in [5.74, 6) is 0.658. The first-order valence-electron chi connectivity index (χ1n) is 10.3. The lowest BCUT2D eigenvalue weighted by atomic mass is 9.70. The smallest absolute Gasteiger partial charge is 0.266 e. The second kappa shape index (κ2) is 7.62. The Kier molecular flexibility index (Phi) is 5.12. The average molecular weight is 406 g/mol. The molecule has 1 aromatic carbocycles. The van der Waals surface area contributed by atoms with Crippen molar-refractivity contribution in [3.8, 4) is 29.5 Å². The standard InChI is InChI=1S/C23H27N5O2/c1-4-26-22(29)18-16-11-23(2,3)19-20(27-12-28-21(19)25)15(16)9-10-17(18)30-14-7-5-13(24)6-8-14/h1,9-10,12-14H,5-8,11,24H2,2-3H3,(H,26,29)(H2,25,27,28). The fourth-order valence-corrected chi connectivity index (χ4v) is 4.69. The summed E-state index contributed by atoms with van der Waals surface area (Å²) >= 11 is 0. The van der Waals surface area contributed by atoms with E-state index in [1.807, 2.05) is 12.1 Å². The lowest BCUT2D eigenvalue weighted by molar-refractivity contribution is 0.0958. The molecule has 7 nitrogen and oxygen atoms in total. The zero-order valence-electron chi connectivity index (χ0n) is 17.4. The highest BCUT2D eigenvalue weighted by Gasteiger charge is 2.38. The first-order valence-corrected chi connectivity index (χ1v) is 10.3. The molecule has 156 valence electrons. The molecule has 1 saturated carbocycles. The van der Waals surface area contributed by atoms with E-state index in [4.69, 9.17) is 22.6 Å². The van der Waals surface area contributed by atoms with E-state index in [0.717, 1.165) is 48.1 Å².